The minimum atomic E-state index is 0.328. The second-order valence-corrected chi connectivity index (χ2v) is 7.12. The van der Waals surface area contributed by atoms with E-state index in [9.17, 15) is 4.79 Å². The molecule has 1 heterocycles. The Kier molecular flexibility index (Phi) is 5.81. The molecule has 144 valence electrons. The highest BCUT2D eigenvalue weighted by molar-refractivity contribution is 5.71. The van der Waals surface area contributed by atoms with Crippen molar-refractivity contribution in [2.45, 2.75) is 18.8 Å². The molecule has 2 N–H and O–H groups in total. The number of H-pyrrole nitrogens is 1. The van der Waals surface area contributed by atoms with Crippen molar-refractivity contribution in [1.29, 1.82) is 0 Å². The average molecular weight is 381 g/mol. The second kappa shape index (κ2) is 9.02. The van der Waals surface area contributed by atoms with Crippen LogP contribution in [0.15, 0.2) is 91.3 Å². The number of anilines is 1. The number of carbonyl (C=O) groups is 1. The van der Waals surface area contributed by atoms with Gasteiger partial charge >= 0.3 is 0 Å². The van der Waals surface area contributed by atoms with Crippen LogP contribution in [0.5, 0.6) is 0 Å². The van der Waals surface area contributed by atoms with Crippen molar-refractivity contribution >= 4 is 12.1 Å². The summed E-state index contributed by atoms with van der Waals surface area (Å²) in [7, 11) is 0. The van der Waals surface area contributed by atoms with Crippen LogP contribution in [-0.2, 0) is 17.6 Å². The summed E-state index contributed by atoms with van der Waals surface area (Å²) in [5, 5.41) is 2.74. The van der Waals surface area contributed by atoms with Crippen LogP contribution in [-0.4, -0.2) is 16.4 Å². The molecule has 0 radical (unpaired) electrons. The van der Waals surface area contributed by atoms with Gasteiger partial charge in [0.2, 0.25) is 6.41 Å². The molecule has 1 aromatic heterocycles. The summed E-state index contributed by atoms with van der Waals surface area (Å²) in [5.74, 6) is 1.21. The minimum absolute atomic E-state index is 0.328. The third-order valence-corrected chi connectivity index (χ3v) is 5.09. The SMILES string of the molecule is O=CNc1cccc(CC(Cc2cccc(-c3ncc[nH]3)c2)c2ccccc2)c1. The zero-order valence-electron chi connectivity index (χ0n) is 16.1. The molecule has 4 rings (SSSR count). The third-order valence-electron chi connectivity index (χ3n) is 5.09. The number of nitrogens with one attached hydrogen (secondary N) is 2. The Morgan fingerprint density at radius 1 is 0.897 bits per heavy atom. The van der Waals surface area contributed by atoms with Gasteiger partial charge in [-0.3, -0.25) is 4.79 Å². The summed E-state index contributed by atoms with van der Waals surface area (Å²) in [6.45, 7) is 0. The Bertz CT molecular complexity index is 1060. The molecule has 4 heteroatoms. The molecule has 0 aliphatic heterocycles. The van der Waals surface area contributed by atoms with E-state index in [1.165, 1.54) is 16.7 Å². The molecule has 1 unspecified atom stereocenters. The molecule has 0 aliphatic carbocycles. The van der Waals surface area contributed by atoms with Gasteiger partial charge in [0, 0.05) is 23.6 Å². The monoisotopic (exact) mass is 381 g/mol. The highest BCUT2D eigenvalue weighted by Crippen LogP contribution is 2.27. The number of benzene rings is 3. The lowest BCUT2D eigenvalue weighted by atomic mass is 9.86. The van der Waals surface area contributed by atoms with Gasteiger partial charge in [-0.05, 0) is 53.6 Å². The average Bonchev–Trinajstić information content (AvgIpc) is 3.30. The molecule has 0 spiro atoms. The van der Waals surface area contributed by atoms with Gasteiger partial charge in [0.25, 0.3) is 0 Å². The molecule has 0 saturated heterocycles. The number of rotatable bonds is 8. The van der Waals surface area contributed by atoms with E-state index in [0.29, 0.717) is 12.3 Å². The smallest absolute Gasteiger partial charge is 0.211 e. The van der Waals surface area contributed by atoms with E-state index in [1.807, 2.05) is 30.5 Å². The maximum atomic E-state index is 10.8. The Hall–Kier alpha value is -3.66. The van der Waals surface area contributed by atoms with Crippen LogP contribution in [0.4, 0.5) is 5.69 Å². The Morgan fingerprint density at radius 2 is 1.66 bits per heavy atom. The topological polar surface area (TPSA) is 57.8 Å². The van der Waals surface area contributed by atoms with Gasteiger partial charge in [-0.1, -0.05) is 60.7 Å². The highest BCUT2D eigenvalue weighted by Gasteiger charge is 2.14. The van der Waals surface area contributed by atoms with Crippen molar-refractivity contribution in [3.8, 4) is 11.4 Å². The first-order valence-electron chi connectivity index (χ1n) is 9.74. The molecule has 4 aromatic rings. The van der Waals surface area contributed by atoms with Crippen LogP contribution in [0.1, 0.15) is 22.6 Å². The zero-order valence-corrected chi connectivity index (χ0v) is 16.1. The van der Waals surface area contributed by atoms with Gasteiger partial charge in [0.15, 0.2) is 0 Å². The largest absolute Gasteiger partial charge is 0.345 e. The molecular weight excluding hydrogens is 358 g/mol. The van der Waals surface area contributed by atoms with Gasteiger partial charge in [0.05, 0.1) is 0 Å². The van der Waals surface area contributed by atoms with Crippen molar-refractivity contribution in [3.63, 3.8) is 0 Å². The minimum Gasteiger partial charge on any atom is -0.345 e. The second-order valence-electron chi connectivity index (χ2n) is 7.12. The van der Waals surface area contributed by atoms with Crippen LogP contribution in [0.25, 0.3) is 11.4 Å². The first-order valence-corrected chi connectivity index (χ1v) is 9.74. The molecule has 4 nitrogen and oxygen atoms in total. The summed E-state index contributed by atoms with van der Waals surface area (Å²) in [4.78, 5) is 18.3. The van der Waals surface area contributed by atoms with Gasteiger partial charge < -0.3 is 10.3 Å². The molecule has 1 amide bonds. The van der Waals surface area contributed by atoms with Crippen molar-refractivity contribution in [2.24, 2.45) is 0 Å². The summed E-state index contributed by atoms with van der Waals surface area (Å²) in [5.41, 5.74) is 5.70. The van der Waals surface area contributed by atoms with Crippen molar-refractivity contribution in [3.05, 3.63) is 108 Å². The fourth-order valence-electron chi connectivity index (χ4n) is 3.73. The van der Waals surface area contributed by atoms with Gasteiger partial charge in [-0.15, -0.1) is 0 Å². The quantitative estimate of drug-likeness (QED) is 0.411. The molecule has 3 aromatic carbocycles. The first-order chi connectivity index (χ1) is 14.3. The number of carbonyl (C=O) groups excluding carboxylic acids is 1. The molecule has 0 fully saturated rings. The normalized spacial score (nSPS) is 11.7. The molecule has 29 heavy (non-hydrogen) atoms. The lowest BCUT2D eigenvalue weighted by Crippen LogP contribution is -2.07. The first kappa shape index (κ1) is 18.7. The number of hydrogen-bond donors (Lipinski definition) is 2. The van der Waals surface area contributed by atoms with Crippen molar-refractivity contribution in [2.75, 3.05) is 5.32 Å². The van der Waals surface area contributed by atoms with Gasteiger partial charge in [-0.25, -0.2) is 4.98 Å². The predicted octanol–water partition coefficient (Wildman–Crippen LogP) is 5.21. The molecule has 0 bridgehead atoms. The van der Waals surface area contributed by atoms with Crippen LogP contribution in [0.3, 0.4) is 0 Å². The molecule has 1 atom stereocenters. The highest BCUT2D eigenvalue weighted by atomic mass is 16.1. The van der Waals surface area contributed by atoms with E-state index < -0.39 is 0 Å². The van der Waals surface area contributed by atoms with E-state index in [1.54, 1.807) is 6.20 Å². The summed E-state index contributed by atoms with van der Waals surface area (Å²) in [6.07, 6.45) is 6.14. The van der Waals surface area contributed by atoms with E-state index in [4.69, 9.17) is 0 Å². The van der Waals surface area contributed by atoms with Crippen LogP contribution in [0, 0.1) is 0 Å². The lowest BCUT2D eigenvalue weighted by molar-refractivity contribution is -0.105. The number of amides is 1. The van der Waals surface area contributed by atoms with Crippen molar-refractivity contribution in [1.82, 2.24) is 9.97 Å². The molecular formula is C25H23N3O. The van der Waals surface area contributed by atoms with E-state index in [0.717, 1.165) is 29.9 Å². The summed E-state index contributed by atoms with van der Waals surface area (Å²) < 4.78 is 0. The lowest BCUT2D eigenvalue weighted by Gasteiger charge is -2.19. The predicted molar refractivity (Wildman–Crippen MR) is 117 cm³/mol. The van der Waals surface area contributed by atoms with E-state index in [-0.39, 0.29) is 0 Å². The molecule has 0 saturated carbocycles. The van der Waals surface area contributed by atoms with Crippen molar-refractivity contribution < 1.29 is 4.79 Å². The Balaban J connectivity index is 1.61. The standard InChI is InChI=1S/C25H23N3O/c29-18-28-24-11-5-7-20(17-24)16-23(21-8-2-1-3-9-21)15-19-6-4-10-22(14-19)25-26-12-13-27-25/h1-14,17-18,23H,15-16H2,(H,26,27)(H,28,29). The number of hydrogen-bond acceptors (Lipinski definition) is 2. The number of nitrogens with zero attached hydrogens (tertiary/aromatic N) is 1. The van der Waals surface area contributed by atoms with Gasteiger partial charge in [0.1, 0.15) is 5.82 Å². The maximum Gasteiger partial charge on any atom is 0.211 e. The fraction of sp³-hybridized carbons (Fsp3) is 0.120. The van der Waals surface area contributed by atoms with Gasteiger partial charge in [-0.2, -0.15) is 0 Å². The van der Waals surface area contributed by atoms with Crippen LogP contribution < -0.4 is 5.32 Å². The number of imidazole rings is 1. The Labute approximate surface area is 170 Å². The van der Waals surface area contributed by atoms with E-state index in [2.05, 4.69) is 69.9 Å². The van der Waals surface area contributed by atoms with Crippen LogP contribution >= 0.6 is 0 Å². The number of aromatic amines is 1. The van der Waals surface area contributed by atoms with E-state index >= 15 is 0 Å². The Morgan fingerprint density at radius 3 is 2.38 bits per heavy atom. The number of aromatic nitrogens is 2. The zero-order chi connectivity index (χ0) is 19.9. The third kappa shape index (κ3) is 4.79. The fourth-order valence-corrected chi connectivity index (χ4v) is 3.73. The summed E-state index contributed by atoms with van der Waals surface area (Å²) >= 11 is 0. The van der Waals surface area contributed by atoms with Crippen LogP contribution in [0.2, 0.25) is 0 Å². The molecule has 0 aliphatic rings. The summed E-state index contributed by atoms with van der Waals surface area (Å²) in [6, 6.07) is 27.2. The maximum absolute atomic E-state index is 10.8.